The molecular weight excluding hydrogens is 358 g/mol. The molecule has 1 aliphatic heterocycles. The zero-order valence-corrected chi connectivity index (χ0v) is 15.2. The van der Waals surface area contributed by atoms with Crippen LogP contribution in [-0.4, -0.2) is 29.6 Å². The van der Waals surface area contributed by atoms with Crippen molar-refractivity contribution in [3.05, 3.63) is 52.9 Å². The third-order valence-electron chi connectivity index (χ3n) is 3.63. The fourth-order valence-electron chi connectivity index (χ4n) is 2.39. The lowest BCUT2D eigenvalue weighted by atomic mass is 10.1. The number of methoxy groups -OCH3 is 2. The molecule has 2 aromatic carbocycles. The Bertz CT molecular complexity index is 862. The van der Waals surface area contributed by atoms with Crippen LogP contribution in [0.5, 0.6) is 17.2 Å². The molecule has 0 aromatic heterocycles. The van der Waals surface area contributed by atoms with Crippen molar-refractivity contribution >= 4 is 46.0 Å². The van der Waals surface area contributed by atoms with Gasteiger partial charge < -0.3 is 14.6 Å². The second-order valence-electron chi connectivity index (χ2n) is 5.14. The smallest absolute Gasteiger partial charge is 0.270 e. The van der Waals surface area contributed by atoms with Crippen molar-refractivity contribution in [3.63, 3.8) is 0 Å². The number of phenols is 1. The van der Waals surface area contributed by atoms with Gasteiger partial charge >= 0.3 is 0 Å². The van der Waals surface area contributed by atoms with E-state index in [4.69, 9.17) is 21.7 Å². The van der Waals surface area contributed by atoms with Crippen LogP contribution in [0.25, 0.3) is 6.08 Å². The molecule has 5 nitrogen and oxygen atoms in total. The summed E-state index contributed by atoms with van der Waals surface area (Å²) in [7, 11) is 3.15. The number of carbonyl (C=O) groups excluding carboxylic acids is 1. The second kappa shape index (κ2) is 7.16. The molecule has 1 amide bonds. The fraction of sp³-hybridized carbons (Fsp3) is 0.111. The number of anilines is 1. The van der Waals surface area contributed by atoms with E-state index in [2.05, 4.69) is 0 Å². The van der Waals surface area contributed by atoms with Crippen molar-refractivity contribution in [1.29, 1.82) is 0 Å². The molecule has 0 bridgehead atoms. The third-order valence-corrected chi connectivity index (χ3v) is 4.93. The average Bonchev–Trinajstić information content (AvgIpc) is 2.89. The van der Waals surface area contributed by atoms with Crippen molar-refractivity contribution in [3.8, 4) is 17.2 Å². The van der Waals surface area contributed by atoms with Gasteiger partial charge in [-0.1, -0.05) is 24.0 Å². The number of benzene rings is 2. The van der Waals surface area contributed by atoms with Crippen molar-refractivity contribution in [2.24, 2.45) is 0 Å². The summed E-state index contributed by atoms with van der Waals surface area (Å²) in [4.78, 5) is 14.7. The van der Waals surface area contributed by atoms with Crippen LogP contribution in [0.15, 0.2) is 47.4 Å². The number of hydrogen-bond donors (Lipinski definition) is 1. The molecule has 25 heavy (non-hydrogen) atoms. The van der Waals surface area contributed by atoms with E-state index in [0.29, 0.717) is 26.4 Å². The number of ether oxygens (including phenoxy) is 2. The van der Waals surface area contributed by atoms with Gasteiger partial charge in [0.1, 0.15) is 17.2 Å². The Morgan fingerprint density at radius 2 is 1.84 bits per heavy atom. The molecule has 7 heteroatoms. The number of phenolic OH excluding ortho intramolecular Hbond substituents is 1. The Morgan fingerprint density at radius 3 is 2.48 bits per heavy atom. The molecule has 2 aromatic rings. The first-order valence-corrected chi connectivity index (χ1v) is 8.55. The molecule has 128 valence electrons. The van der Waals surface area contributed by atoms with Crippen LogP contribution < -0.4 is 14.4 Å². The molecule has 0 aliphatic carbocycles. The molecule has 1 saturated heterocycles. The normalized spacial score (nSPS) is 15.8. The van der Waals surface area contributed by atoms with E-state index < -0.39 is 0 Å². The van der Waals surface area contributed by atoms with Crippen LogP contribution in [0.1, 0.15) is 5.56 Å². The minimum absolute atomic E-state index is 0.130. The molecule has 1 fully saturated rings. The highest BCUT2D eigenvalue weighted by atomic mass is 32.2. The SMILES string of the molecule is COc1ccc(OC)c(/C=C2/SC(=S)N(c3ccc(O)cc3)C2=O)c1. The first kappa shape index (κ1) is 17.3. The van der Waals surface area contributed by atoms with E-state index in [1.54, 1.807) is 50.6 Å². The average molecular weight is 373 g/mol. The van der Waals surface area contributed by atoms with Crippen LogP contribution in [0.2, 0.25) is 0 Å². The lowest BCUT2D eigenvalue weighted by Gasteiger charge is -2.14. The monoisotopic (exact) mass is 373 g/mol. The molecule has 1 aliphatic rings. The van der Waals surface area contributed by atoms with Gasteiger partial charge in [0.2, 0.25) is 0 Å². The second-order valence-corrected chi connectivity index (χ2v) is 6.82. The number of nitrogens with zero attached hydrogens (tertiary/aromatic N) is 1. The maximum absolute atomic E-state index is 12.8. The summed E-state index contributed by atoms with van der Waals surface area (Å²) >= 11 is 6.56. The van der Waals surface area contributed by atoms with Crippen molar-refractivity contribution in [1.82, 2.24) is 0 Å². The summed E-state index contributed by atoms with van der Waals surface area (Å²) in [6.07, 6.45) is 1.74. The molecule has 1 N–H and O–H groups in total. The Balaban J connectivity index is 1.97. The predicted octanol–water partition coefficient (Wildman–Crippen LogP) is 3.82. The quantitative estimate of drug-likeness (QED) is 0.650. The number of thioether (sulfide) groups is 1. The molecule has 0 unspecified atom stereocenters. The van der Waals surface area contributed by atoms with Gasteiger partial charge in [-0.25, -0.2) is 0 Å². The molecule has 3 rings (SSSR count). The zero-order chi connectivity index (χ0) is 18.0. The maximum atomic E-state index is 12.8. The highest BCUT2D eigenvalue weighted by molar-refractivity contribution is 8.27. The number of hydrogen-bond acceptors (Lipinski definition) is 6. The summed E-state index contributed by atoms with van der Waals surface area (Å²) in [6, 6.07) is 11.7. The van der Waals surface area contributed by atoms with E-state index in [9.17, 15) is 9.90 Å². The van der Waals surface area contributed by atoms with Crippen LogP contribution in [0.4, 0.5) is 5.69 Å². The van der Waals surface area contributed by atoms with Crippen LogP contribution in [0.3, 0.4) is 0 Å². The molecule has 0 saturated carbocycles. The molecule has 0 spiro atoms. The Kier molecular flexibility index (Phi) is 4.96. The Labute approximate surface area is 154 Å². The summed E-state index contributed by atoms with van der Waals surface area (Å²) < 4.78 is 11.0. The van der Waals surface area contributed by atoms with Gasteiger partial charge in [-0.15, -0.1) is 0 Å². The van der Waals surface area contributed by atoms with Crippen molar-refractivity contribution < 1.29 is 19.4 Å². The summed E-state index contributed by atoms with van der Waals surface area (Å²) in [6.45, 7) is 0. The zero-order valence-electron chi connectivity index (χ0n) is 13.6. The van der Waals surface area contributed by atoms with Gasteiger partial charge in [-0.3, -0.25) is 9.69 Å². The van der Waals surface area contributed by atoms with Crippen LogP contribution >= 0.6 is 24.0 Å². The van der Waals surface area contributed by atoms with Crippen molar-refractivity contribution in [2.45, 2.75) is 0 Å². The van der Waals surface area contributed by atoms with Gasteiger partial charge in [0, 0.05) is 5.56 Å². The largest absolute Gasteiger partial charge is 0.508 e. The summed E-state index contributed by atoms with van der Waals surface area (Å²) in [5, 5.41) is 9.41. The van der Waals surface area contributed by atoms with Gasteiger partial charge in [-0.05, 0) is 48.5 Å². The molecule has 0 radical (unpaired) electrons. The first-order chi connectivity index (χ1) is 12.0. The van der Waals surface area contributed by atoms with Gasteiger partial charge in [0.15, 0.2) is 4.32 Å². The van der Waals surface area contributed by atoms with E-state index in [1.807, 2.05) is 0 Å². The van der Waals surface area contributed by atoms with Crippen LogP contribution in [0, 0.1) is 0 Å². The lowest BCUT2D eigenvalue weighted by Crippen LogP contribution is -2.27. The van der Waals surface area contributed by atoms with Gasteiger partial charge in [0.05, 0.1) is 24.8 Å². The van der Waals surface area contributed by atoms with E-state index in [0.717, 1.165) is 5.56 Å². The highest BCUT2D eigenvalue weighted by Crippen LogP contribution is 2.38. The first-order valence-electron chi connectivity index (χ1n) is 7.32. The molecular formula is C18H15NO4S2. The standard InChI is InChI=1S/C18H15NO4S2/c1-22-14-7-8-15(23-2)11(9-14)10-16-17(21)19(18(24)25-16)12-3-5-13(20)6-4-12/h3-10,20H,1-2H3/b16-10+. The maximum Gasteiger partial charge on any atom is 0.270 e. The third kappa shape index (κ3) is 3.47. The van der Waals surface area contributed by atoms with E-state index >= 15 is 0 Å². The lowest BCUT2D eigenvalue weighted by molar-refractivity contribution is -0.113. The fourth-order valence-corrected chi connectivity index (χ4v) is 3.68. The minimum atomic E-state index is -0.217. The Hall–Kier alpha value is -2.51. The number of aromatic hydroxyl groups is 1. The molecule has 1 heterocycles. The van der Waals surface area contributed by atoms with E-state index in [1.165, 1.54) is 28.8 Å². The molecule has 0 atom stereocenters. The van der Waals surface area contributed by atoms with Crippen molar-refractivity contribution in [2.75, 3.05) is 19.1 Å². The summed E-state index contributed by atoms with van der Waals surface area (Å²) in [5.41, 5.74) is 1.34. The number of amides is 1. The van der Waals surface area contributed by atoms with E-state index in [-0.39, 0.29) is 11.7 Å². The number of carbonyl (C=O) groups is 1. The summed E-state index contributed by atoms with van der Waals surface area (Å²) in [5.74, 6) is 1.22. The minimum Gasteiger partial charge on any atom is -0.508 e. The predicted molar refractivity (Wildman–Crippen MR) is 103 cm³/mol. The Morgan fingerprint density at radius 1 is 1.12 bits per heavy atom. The van der Waals surface area contributed by atoms with Gasteiger partial charge in [-0.2, -0.15) is 0 Å². The number of thiocarbonyl (C=S) groups is 1. The number of rotatable bonds is 4. The highest BCUT2D eigenvalue weighted by Gasteiger charge is 2.33. The van der Waals surface area contributed by atoms with Crippen LogP contribution in [-0.2, 0) is 4.79 Å². The van der Waals surface area contributed by atoms with Gasteiger partial charge in [0.25, 0.3) is 5.91 Å². The topological polar surface area (TPSA) is 59.0 Å².